The number of carbonyl (C=O) groups is 1. The summed E-state index contributed by atoms with van der Waals surface area (Å²) in [4.78, 5) is 14.7. The first-order valence-corrected chi connectivity index (χ1v) is 11.5. The van der Waals surface area contributed by atoms with Crippen molar-refractivity contribution < 1.29 is 9.53 Å². The molecule has 2 amide bonds. The summed E-state index contributed by atoms with van der Waals surface area (Å²) in [7, 11) is 0. The Hall–Kier alpha value is -4.04. The Morgan fingerprint density at radius 3 is 2.41 bits per heavy atom. The zero-order valence-corrected chi connectivity index (χ0v) is 18.9. The number of fused-ring (bicyclic) bond motifs is 1. The number of likely N-dealkylation sites (tertiary alicyclic amines) is 1. The number of H-pyrrole nitrogens is 1. The number of nitrogen functional groups attached to an aromatic ring is 1. The standard InChI is InChI=1S/C26H28N6O2/c27-25-23-21(12-13-22(24(23)30-31-25)34-17-16-32-14-4-5-15-32)18-8-10-20(11-9-18)29-26(33)28-19-6-2-1-3-7-19/h1-3,6-13H,4-5,14-17H2,(H3,27,30,31)(H2,28,29,33). The predicted octanol–water partition coefficient (Wildman–Crippen LogP) is 4.93. The molecule has 174 valence electrons. The summed E-state index contributed by atoms with van der Waals surface area (Å²) in [6, 6.07) is 20.6. The Morgan fingerprint density at radius 1 is 0.971 bits per heavy atom. The Bertz CT molecular complexity index is 1260. The third-order valence-corrected chi connectivity index (χ3v) is 6.06. The van der Waals surface area contributed by atoms with E-state index in [2.05, 4.69) is 25.7 Å². The molecule has 34 heavy (non-hydrogen) atoms. The lowest BCUT2D eigenvalue weighted by molar-refractivity contribution is 0.239. The molecule has 0 atom stereocenters. The van der Waals surface area contributed by atoms with E-state index in [-0.39, 0.29) is 6.03 Å². The number of hydrogen-bond donors (Lipinski definition) is 4. The first kappa shape index (κ1) is 21.8. The Kier molecular flexibility index (Phi) is 6.31. The van der Waals surface area contributed by atoms with Crippen molar-refractivity contribution in [3.8, 4) is 16.9 Å². The van der Waals surface area contributed by atoms with Gasteiger partial charge >= 0.3 is 6.03 Å². The van der Waals surface area contributed by atoms with Gasteiger partial charge < -0.3 is 21.1 Å². The van der Waals surface area contributed by atoms with Crippen molar-refractivity contribution >= 4 is 34.1 Å². The average molecular weight is 457 g/mol. The van der Waals surface area contributed by atoms with E-state index in [1.807, 2.05) is 66.7 Å². The summed E-state index contributed by atoms with van der Waals surface area (Å²) in [6.07, 6.45) is 2.53. The zero-order valence-electron chi connectivity index (χ0n) is 18.9. The lowest BCUT2D eigenvalue weighted by atomic mass is 10.0. The summed E-state index contributed by atoms with van der Waals surface area (Å²) in [6.45, 7) is 3.83. The van der Waals surface area contributed by atoms with Crippen LogP contribution in [0, 0.1) is 0 Å². The topological polar surface area (TPSA) is 108 Å². The second kappa shape index (κ2) is 9.84. The van der Waals surface area contributed by atoms with E-state index >= 15 is 0 Å². The number of aromatic nitrogens is 2. The monoisotopic (exact) mass is 456 g/mol. The maximum absolute atomic E-state index is 12.3. The van der Waals surface area contributed by atoms with Crippen LogP contribution in [-0.2, 0) is 0 Å². The van der Waals surface area contributed by atoms with Gasteiger partial charge in [-0.25, -0.2) is 4.79 Å². The number of para-hydroxylation sites is 1. The fourth-order valence-corrected chi connectivity index (χ4v) is 4.33. The second-order valence-corrected chi connectivity index (χ2v) is 8.39. The van der Waals surface area contributed by atoms with Crippen LogP contribution >= 0.6 is 0 Å². The molecule has 0 radical (unpaired) electrons. The van der Waals surface area contributed by atoms with Crippen molar-refractivity contribution in [3.63, 3.8) is 0 Å². The van der Waals surface area contributed by atoms with E-state index in [4.69, 9.17) is 10.5 Å². The number of benzene rings is 3. The van der Waals surface area contributed by atoms with Crippen molar-refractivity contribution in [2.24, 2.45) is 0 Å². The fraction of sp³-hybridized carbons (Fsp3) is 0.231. The van der Waals surface area contributed by atoms with Gasteiger partial charge in [-0.2, -0.15) is 5.10 Å². The van der Waals surface area contributed by atoms with Gasteiger partial charge in [0, 0.05) is 17.9 Å². The fourth-order valence-electron chi connectivity index (χ4n) is 4.33. The number of nitrogens with one attached hydrogen (secondary N) is 3. The van der Waals surface area contributed by atoms with E-state index in [0.29, 0.717) is 18.1 Å². The van der Waals surface area contributed by atoms with Gasteiger partial charge in [0.2, 0.25) is 0 Å². The van der Waals surface area contributed by atoms with Crippen LogP contribution in [-0.4, -0.2) is 47.4 Å². The molecule has 1 fully saturated rings. The van der Waals surface area contributed by atoms with Crippen LogP contribution in [0.2, 0.25) is 0 Å². The number of urea groups is 1. The Morgan fingerprint density at radius 2 is 1.68 bits per heavy atom. The van der Waals surface area contributed by atoms with Crippen LogP contribution in [0.3, 0.4) is 0 Å². The first-order chi connectivity index (χ1) is 16.7. The van der Waals surface area contributed by atoms with E-state index in [9.17, 15) is 4.79 Å². The molecular weight excluding hydrogens is 428 g/mol. The number of nitrogens with zero attached hydrogens (tertiary/aromatic N) is 2. The summed E-state index contributed by atoms with van der Waals surface area (Å²) in [5.41, 5.74) is 10.3. The molecule has 3 aromatic carbocycles. The molecule has 0 aliphatic carbocycles. The van der Waals surface area contributed by atoms with Crippen LogP contribution in [0.5, 0.6) is 5.75 Å². The lowest BCUT2D eigenvalue weighted by Gasteiger charge is -2.15. The van der Waals surface area contributed by atoms with Gasteiger partial charge in [0.15, 0.2) is 5.82 Å². The van der Waals surface area contributed by atoms with Crippen molar-refractivity contribution in [1.82, 2.24) is 15.1 Å². The van der Waals surface area contributed by atoms with E-state index in [1.165, 1.54) is 12.8 Å². The van der Waals surface area contributed by atoms with E-state index in [0.717, 1.165) is 53.1 Å². The number of nitrogens with two attached hydrogens (primary N) is 1. The molecule has 2 heterocycles. The van der Waals surface area contributed by atoms with Gasteiger partial charge in [-0.05, 0) is 73.5 Å². The third kappa shape index (κ3) is 4.82. The molecule has 4 aromatic rings. The highest BCUT2D eigenvalue weighted by Crippen LogP contribution is 2.36. The molecule has 8 heteroatoms. The van der Waals surface area contributed by atoms with E-state index < -0.39 is 0 Å². The maximum Gasteiger partial charge on any atom is 0.323 e. The highest BCUT2D eigenvalue weighted by Gasteiger charge is 2.16. The largest absolute Gasteiger partial charge is 0.490 e. The first-order valence-electron chi connectivity index (χ1n) is 11.5. The minimum Gasteiger partial charge on any atom is -0.490 e. The van der Waals surface area contributed by atoms with Gasteiger partial charge in [-0.3, -0.25) is 10.00 Å². The van der Waals surface area contributed by atoms with Crippen LogP contribution in [0.4, 0.5) is 22.0 Å². The Balaban J connectivity index is 1.29. The number of amides is 2. The minimum atomic E-state index is -0.296. The normalized spacial score (nSPS) is 13.8. The van der Waals surface area contributed by atoms with Crippen LogP contribution in [0.15, 0.2) is 66.7 Å². The SMILES string of the molecule is Nc1n[nH]c2c(OCCN3CCCC3)ccc(-c3ccc(NC(=O)Nc4ccccc4)cc3)c12. The molecule has 0 saturated carbocycles. The van der Waals surface area contributed by atoms with Gasteiger partial charge in [-0.1, -0.05) is 30.3 Å². The molecule has 0 spiro atoms. The van der Waals surface area contributed by atoms with Crippen molar-refractivity contribution in [2.45, 2.75) is 12.8 Å². The highest BCUT2D eigenvalue weighted by atomic mass is 16.5. The molecule has 0 unspecified atom stereocenters. The summed E-state index contributed by atoms with van der Waals surface area (Å²) >= 11 is 0. The van der Waals surface area contributed by atoms with Crippen LogP contribution < -0.4 is 21.1 Å². The molecule has 1 aliphatic rings. The molecule has 1 saturated heterocycles. The number of rotatable bonds is 7. The predicted molar refractivity (Wildman–Crippen MR) is 136 cm³/mol. The Labute approximate surface area is 198 Å². The molecule has 0 bridgehead atoms. The van der Waals surface area contributed by atoms with Crippen molar-refractivity contribution in [2.75, 3.05) is 42.6 Å². The number of carbonyl (C=O) groups excluding carboxylic acids is 1. The average Bonchev–Trinajstić information content (AvgIpc) is 3.51. The van der Waals surface area contributed by atoms with E-state index in [1.54, 1.807) is 0 Å². The highest BCUT2D eigenvalue weighted by molar-refractivity contribution is 6.04. The second-order valence-electron chi connectivity index (χ2n) is 8.39. The molecular formula is C26H28N6O2. The van der Waals surface area contributed by atoms with Gasteiger partial charge in [0.25, 0.3) is 0 Å². The molecule has 1 aliphatic heterocycles. The van der Waals surface area contributed by atoms with Gasteiger partial charge in [0.1, 0.15) is 17.9 Å². The molecule has 8 nitrogen and oxygen atoms in total. The summed E-state index contributed by atoms with van der Waals surface area (Å²) in [5, 5.41) is 13.7. The smallest absolute Gasteiger partial charge is 0.323 e. The lowest BCUT2D eigenvalue weighted by Crippen LogP contribution is -2.25. The third-order valence-electron chi connectivity index (χ3n) is 6.06. The van der Waals surface area contributed by atoms with Crippen LogP contribution in [0.25, 0.3) is 22.0 Å². The number of anilines is 3. The van der Waals surface area contributed by atoms with Gasteiger partial charge in [0.05, 0.1) is 5.39 Å². The van der Waals surface area contributed by atoms with Crippen molar-refractivity contribution in [1.29, 1.82) is 0 Å². The van der Waals surface area contributed by atoms with Crippen molar-refractivity contribution in [3.05, 3.63) is 66.7 Å². The zero-order chi connectivity index (χ0) is 23.3. The maximum atomic E-state index is 12.3. The summed E-state index contributed by atoms with van der Waals surface area (Å²) in [5.74, 6) is 1.18. The minimum absolute atomic E-state index is 0.296. The van der Waals surface area contributed by atoms with Gasteiger partial charge in [-0.15, -0.1) is 0 Å². The number of aromatic amines is 1. The quantitative estimate of drug-likeness (QED) is 0.315. The molecule has 1 aromatic heterocycles. The number of hydrogen-bond acceptors (Lipinski definition) is 5. The number of ether oxygens (including phenoxy) is 1. The summed E-state index contributed by atoms with van der Waals surface area (Å²) < 4.78 is 6.07. The van der Waals surface area contributed by atoms with Crippen LogP contribution in [0.1, 0.15) is 12.8 Å². The molecule has 5 N–H and O–H groups in total. The molecule has 5 rings (SSSR count).